The lowest BCUT2D eigenvalue weighted by Gasteiger charge is -2.22. The van der Waals surface area contributed by atoms with Gasteiger partial charge in [0.15, 0.2) is 0 Å². The molecule has 2 atom stereocenters. The zero-order chi connectivity index (χ0) is 37.1. The van der Waals surface area contributed by atoms with Crippen molar-refractivity contribution in [3.63, 3.8) is 0 Å². The van der Waals surface area contributed by atoms with Crippen molar-refractivity contribution >= 4 is 5.91 Å². The quantitative estimate of drug-likeness (QED) is 0.0439. The van der Waals surface area contributed by atoms with E-state index >= 15 is 0 Å². The second kappa shape index (κ2) is 42.5. The molecule has 4 heteroatoms. The third-order valence-electron chi connectivity index (χ3n) is 9.79. The number of nitrogens with one attached hydrogen (secondary N) is 1. The summed E-state index contributed by atoms with van der Waals surface area (Å²) in [4.78, 5) is 12.4. The van der Waals surface area contributed by atoms with Crippen LogP contribution in [0.4, 0.5) is 0 Å². The second-order valence-electron chi connectivity index (χ2n) is 14.7. The van der Waals surface area contributed by atoms with Crippen LogP contribution in [-0.2, 0) is 4.79 Å². The molecule has 0 aromatic rings. The molecule has 3 N–H and O–H groups in total. The predicted octanol–water partition coefficient (Wildman–Crippen LogP) is 13.7. The molecule has 0 aliphatic rings. The van der Waals surface area contributed by atoms with E-state index < -0.39 is 12.1 Å². The zero-order valence-corrected chi connectivity index (χ0v) is 33.9. The van der Waals surface area contributed by atoms with E-state index in [-0.39, 0.29) is 12.5 Å². The lowest BCUT2D eigenvalue weighted by atomic mass is 10.0. The molecule has 51 heavy (non-hydrogen) atoms. The van der Waals surface area contributed by atoms with Gasteiger partial charge in [-0.2, -0.15) is 0 Å². The molecule has 0 saturated heterocycles. The summed E-state index contributed by atoms with van der Waals surface area (Å²) in [5.74, 6) is -0.0402. The molecule has 0 fully saturated rings. The number of amides is 1. The van der Waals surface area contributed by atoms with Crippen LogP contribution in [0.5, 0.6) is 0 Å². The van der Waals surface area contributed by atoms with Crippen molar-refractivity contribution in [3.05, 3.63) is 60.8 Å². The Labute approximate surface area is 317 Å². The van der Waals surface area contributed by atoms with Gasteiger partial charge in [0.1, 0.15) is 0 Å². The van der Waals surface area contributed by atoms with Gasteiger partial charge in [-0.25, -0.2) is 0 Å². The molecule has 0 aliphatic carbocycles. The van der Waals surface area contributed by atoms with Gasteiger partial charge in [-0.1, -0.05) is 209 Å². The second-order valence-corrected chi connectivity index (χ2v) is 14.7. The number of allylic oxidation sites excluding steroid dienone is 10. The molecular weight excluding hydrogens is 627 g/mol. The van der Waals surface area contributed by atoms with E-state index in [4.69, 9.17) is 0 Å². The summed E-state index contributed by atoms with van der Waals surface area (Å²) in [5.41, 5.74) is 0. The van der Waals surface area contributed by atoms with Crippen LogP contribution in [0.2, 0.25) is 0 Å². The number of unbranched alkanes of at least 4 members (excludes halogenated alkanes) is 22. The summed E-state index contributed by atoms with van der Waals surface area (Å²) < 4.78 is 0. The molecule has 4 nitrogen and oxygen atoms in total. The minimum absolute atomic E-state index is 0.0402. The first-order chi connectivity index (χ1) is 25.2. The van der Waals surface area contributed by atoms with Crippen LogP contribution >= 0.6 is 0 Å². The van der Waals surface area contributed by atoms with Gasteiger partial charge in [0.2, 0.25) is 5.91 Å². The van der Waals surface area contributed by atoms with E-state index in [2.05, 4.69) is 79.9 Å². The van der Waals surface area contributed by atoms with Gasteiger partial charge in [-0.05, 0) is 57.8 Å². The molecule has 0 rings (SSSR count). The summed E-state index contributed by atoms with van der Waals surface area (Å²) in [5, 5.41) is 23.2. The smallest absolute Gasteiger partial charge is 0.220 e. The van der Waals surface area contributed by atoms with Gasteiger partial charge < -0.3 is 15.5 Å². The van der Waals surface area contributed by atoms with Gasteiger partial charge in [0.05, 0.1) is 18.8 Å². The summed E-state index contributed by atoms with van der Waals surface area (Å²) in [6.45, 7) is 4.24. The molecule has 0 spiro atoms. The average Bonchev–Trinajstić information content (AvgIpc) is 3.13. The molecule has 0 radical (unpaired) electrons. The average molecular weight is 712 g/mol. The van der Waals surface area contributed by atoms with Crippen LogP contribution < -0.4 is 5.32 Å². The SMILES string of the molecule is CC/C=C\C/C=C\C/C=C\C/C=C\C/C=C\CCCCCCCCCCCC(=O)NC(CO)C(O)CCCCCCCCCCCCCCCC. The number of carbonyl (C=O) groups excluding carboxylic acids is 1. The monoisotopic (exact) mass is 712 g/mol. The fraction of sp³-hybridized carbons (Fsp3) is 0.766. The molecular formula is C47H85NO3. The summed E-state index contributed by atoms with van der Waals surface area (Å²) in [7, 11) is 0. The Kier molecular flexibility index (Phi) is 40.9. The van der Waals surface area contributed by atoms with Crippen molar-refractivity contribution in [2.24, 2.45) is 0 Å². The Hall–Kier alpha value is -1.91. The van der Waals surface area contributed by atoms with Crippen molar-refractivity contribution in [3.8, 4) is 0 Å². The number of hydrogen-bond acceptors (Lipinski definition) is 3. The first kappa shape index (κ1) is 49.1. The molecule has 0 aromatic heterocycles. The van der Waals surface area contributed by atoms with E-state index in [1.165, 1.54) is 128 Å². The summed E-state index contributed by atoms with van der Waals surface area (Å²) in [6.07, 6.45) is 58.6. The maximum absolute atomic E-state index is 12.4. The fourth-order valence-corrected chi connectivity index (χ4v) is 6.45. The topological polar surface area (TPSA) is 69.6 Å². The van der Waals surface area contributed by atoms with Crippen LogP contribution in [0.3, 0.4) is 0 Å². The molecule has 0 saturated carbocycles. The molecule has 296 valence electrons. The van der Waals surface area contributed by atoms with Gasteiger partial charge in [0, 0.05) is 6.42 Å². The molecule has 0 aromatic carbocycles. The van der Waals surface area contributed by atoms with E-state index in [0.717, 1.165) is 57.8 Å². The number of rotatable bonds is 39. The first-order valence-electron chi connectivity index (χ1n) is 22.0. The number of hydrogen-bond donors (Lipinski definition) is 3. The third-order valence-corrected chi connectivity index (χ3v) is 9.79. The maximum Gasteiger partial charge on any atom is 0.220 e. The van der Waals surface area contributed by atoms with Gasteiger partial charge >= 0.3 is 0 Å². The Morgan fingerprint density at radius 3 is 1.29 bits per heavy atom. The lowest BCUT2D eigenvalue weighted by molar-refractivity contribution is -0.123. The standard InChI is InChI=1S/C47H85NO3/c1-3-5-7-9-11-13-15-17-19-20-21-22-23-24-25-26-27-28-29-31-33-35-37-39-41-43-47(51)48-45(44-49)46(50)42-40-38-36-34-32-30-18-16-14-12-10-8-6-4-2/h5,7,11,13,17,19,21-22,24-25,45-46,49-50H,3-4,6,8-10,12,14-16,18,20,23,26-44H2,1-2H3,(H,48,51)/b7-5-,13-11-,19-17-,22-21-,25-24-. The Morgan fingerprint density at radius 2 is 0.863 bits per heavy atom. The Balaban J connectivity index is 3.56. The van der Waals surface area contributed by atoms with Crippen LogP contribution in [-0.4, -0.2) is 34.9 Å². The molecule has 1 amide bonds. The van der Waals surface area contributed by atoms with Crippen LogP contribution in [0.1, 0.15) is 213 Å². The normalized spacial score (nSPS) is 13.6. The van der Waals surface area contributed by atoms with Crippen molar-refractivity contribution in [1.29, 1.82) is 0 Å². The fourth-order valence-electron chi connectivity index (χ4n) is 6.45. The van der Waals surface area contributed by atoms with Crippen LogP contribution in [0.25, 0.3) is 0 Å². The molecule has 0 bridgehead atoms. The van der Waals surface area contributed by atoms with Crippen molar-refractivity contribution in [2.75, 3.05) is 6.61 Å². The van der Waals surface area contributed by atoms with Gasteiger partial charge in [0.25, 0.3) is 0 Å². The summed E-state index contributed by atoms with van der Waals surface area (Å²) >= 11 is 0. The predicted molar refractivity (Wildman–Crippen MR) is 225 cm³/mol. The highest BCUT2D eigenvalue weighted by molar-refractivity contribution is 5.76. The highest BCUT2D eigenvalue weighted by atomic mass is 16.3. The van der Waals surface area contributed by atoms with Crippen molar-refractivity contribution in [1.82, 2.24) is 5.32 Å². The first-order valence-corrected chi connectivity index (χ1v) is 22.0. The number of aliphatic hydroxyl groups excluding tert-OH is 2. The lowest BCUT2D eigenvalue weighted by Crippen LogP contribution is -2.45. The Morgan fingerprint density at radius 1 is 0.490 bits per heavy atom. The summed E-state index contributed by atoms with van der Waals surface area (Å²) in [6, 6.07) is -0.541. The van der Waals surface area contributed by atoms with Gasteiger partial charge in [-0.3, -0.25) is 4.79 Å². The highest BCUT2D eigenvalue weighted by Crippen LogP contribution is 2.15. The van der Waals surface area contributed by atoms with E-state index in [1.54, 1.807) is 0 Å². The molecule has 0 heterocycles. The molecule has 2 unspecified atom stereocenters. The van der Waals surface area contributed by atoms with Crippen molar-refractivity contribution in [2.45, 2.75) is 225 Å². The van der Waals surface area contributed by atoms with Gasteiger partial charge in [-0.15, -0.1) is 0 Å². The van der Waals surface area contributed by atoms with Crippen LogP contribution in [0, 0.1) is 0 Å². The van der Waals surface area contributed by atoms with E-state index in [0.29, 0.717) is 12.8 Å². The maximum atomic E-state index is 12.4. The highest BCUT2D eigenvalue weighted by Gasteiger charge is 2.19. The Bertz CT molecular complexity index is 858. The third kappa shape index (κ3) is 39.1. The minimum Gasteiger partial charge on any atom is -0.394 e. The molecule has 0 aliphatic heterocycles. The number of carbonyl (C=O) groups is 1. The zero-order valence-electron chi connectivity index (χ0n) is 33.9. The van der Waals surface area contributed by atoms with Crippen molar-refractivity contribution < 1.29 is 15.0 Å². The number of aliphatic hydroxyl groups is 2. The van der Waals surface area contributed by atoms with Crippen LogP contribution in [0.15, 0.2) is 60.8 Å². The van der Waals surface area contributed by atoms with E-state index in [9.17, 15) is 15.0 Å². The largest absolute Gasteiger partial charge is 0.394 e. The minimum atomic E-state index is -0.664. The van der Waals surface area contributed by atoms with E-state index in [1.807, 2.05) is 0 Å².